The molecule has 0 aromatic heterocycles. The van der Waals surface area contributed by atoms with Crippen molar-refractivity contribution in [1.29, 1.82) is 0 Å². The SMILES string of the molecule is Cc1c(CCC=O)c(O)c(Br)c2c1CCCC2. The van der Waals surface area contributed by atoms with Gasteiger partial charge in [-0.05, 0) is 77.2 Å². The van der Waals surface area contributed by atoms with E-state index in [1.165, 1.54) is 29.5 Å². The van der Waals surface area contributed by atoms with Crippen LogP contribution in [-0.4, -0.2) is 11.4 Å². The van der Waals surface area contributed by atoms with Gasteiger partial charge in [-0.15, -0.1) is 0 Å². The van der Waals surface area contributed by atoms with Gasteiger partial charge in [-0.2, -0.15) is 0 Å². The molecule has 1 aromatic rings. The Hall–Kier alpha value is -0.830. The van der Waals surface area contributed by atoms with Gasteiger partial charge in [0, 0.05) is 6.42 Å². The monoisotopic (exact) mass is 296 g/mol. The lowest BCUT2D eigenvalue weighted by Gasteiger charge is -2.23. The first-order valence-corrected chi connectivity index (χ1v) is 6.91. The molecule has 2 nitrogen and oxygen atoms in total. The minimum absolute atomic E-state index is 0.338. The summed E-state index contributed by atoms with van der Waals surface area (Å²) in [6.07, 6.45) is 6.56. The van der Waals surface area contributed by atoms with Crippen molar-refractivity contribution in [2.75, 3.05) is 0 Å². The molecule has 0 saturated heterocycles. The molecule has 92 valence electrons. The average Bonchev–Trinajstić information content (AvgIpc) is 2.36. The maximum atomic E-state index is 10.5. The molecule has 2 rings (SSSR count). The predicted molar refractivity (Wildman–Crippen MR) is 71.6 cm³/mol. The van der Waals surface area contributed by atoms with Crippen molar-refractivity contribution in [3.05, 3.63) is 26.7 Å². The van der Waals surface area contributed by atoms with E-state index in [0.717, 1.165) is 29.2 Å². The topological polar surface area (TPSA) is 37.3 Å². The Morgan fingerprint density at radius 2 is 1.94 bits per heavy atom. The summed E-state index contributed by atoms with van der Waals surface area (Å²) in [6.45, 7) is 2.07. The van der Waals surface area contributed by atoms with Gasteiger partial charge in [0.25, 0.3) is 0 Å². The van der Waals surface area contributed by atoms with Gasteiger partial charge in [0.15, 0.2) is 0 Å². The third-order valence-corrected chi connectivity index (χ3v) is 4.50. The maximum Gasteiger partial charge on any atom is 0.133 e. The maximum absolute atomic E-state index is 10.5. The predicted octanol–water partition coefficient (Wildman–Crippen LogP) is 3.47. The average molecular weight is 297 g/mol. The van der Waals surface area contributed by atoms with Crippen LogP contribution in [0.4, 0.5) is 0 Å². The number of phenols is 1. The summed E-state index contributed by atoms with van der Waals surface area (Å²) in [7, 11) is 0. The fourth-order valence-electron chi connectivity index (χ4n) is 2.71. The Labute approximate surface area is 110 Å². The first kappa shape index (κ1) is 12.6. The lowest BCUT2D eigenvalue weighted by Crippen LogP contribution is -2.09. The van der Waals surface area contributed by atoms with Crippen molar-refractivity contribution >= 4 is 22.2 Å². The summed E-state index contributed by atoms with van der Waals surface area (Å²) in [5.74, 6) is 0.338. The molecule has 1 aromatic carbocycles. The van der Waals surface area contributed by atoms with E-state index in [-0.39, 0.29) is 0 Å². The summed E-state index contributed by atoms with van der Waals surface area (Å²) in [5.41, 5.74) is 4.76. The van der Waals surface area contributed by atoms with Crippen LogP contribution >= 0.6 is 15.9 Å². The van der Waals surface area contributed by atoms with Crippen LogP contribution in [0.2, 0.25) is 0 Å². The molecule has 3 heteroatoms. The highest BCUT2D eigenvalue weighted by Gasteiger charge is 2.21. The zero-order valence-electron chi connectivity index (χ0n) is 10.1. The fraction of sp³-hybridized carbons (Fsp3) is 0.500. The molecule has 1 aliphatic carbocycles. The molecule has 1 N–H and O–H groups in total. The molecule has 0 heterocycles. The van der Waals surface area contributed by atoms with Crippen LogP contribution in [-0.2, 0) is 24.1 Å². The van der Waals surface area contributed by atoms with E-state index in [2.05, 4.69) is 22.9 Å². The number of rotatable bonds is 3. The molecule has 0 spiro atoms. The minimum Gasteiger partial charge on any atom is -0.506 e. The van der Waals surface area contributed by atoms with Crippen molar-refractivity contribution in [3.63, 3.8) is 0 Å². The van der Waals surface area contributed by atoms with Gasteiger partial charge in [0.05, 0.1) is 4.47 Å². The second kappa shape index (κ2) is 5.21. The zero-order valence-corrected chi connectivity index (χ0v) is 11.6. The van der Waals surface area contributed by atoms with Gasteiger partial charge >= 0.3 is 0 Å². The third kappa shape index (κ3) is 2.25. The molecule has 0 amide bonds. The van der Waals surface area contributed by atoms with Gasteiger partial charge in [-0.1, -0.05) is 0 Å². The number of phenolic OH excluding ortho intramolecular Hbond substituents is 1. The second-order valence-corrected chi connectivity index (χ2v) is 5.43. The Bertz CT molecular complexity index is 452. The van der Waals surface area contributed by atoms with Gasteiger partial charge in [-0.25, -0.2) is 0 Å². The first-order chi connectivity index (χ1) is 8.16. The first-order valence-electron chi connectivity index (χ1n) is 6.12. The Balaban J connectivity index is 2.53. The summed E-state index contributed by atoms with van der Waals surface area (Å²) < 4.78 is 0.846. The molecule has 0 unspecified atom stereocenters. The summed E-state index contributed by atoms with van der Waals surface area (Å²) in [5, 5.41) is 10.2. The number of fused-ring (bicyclic) bond motifs is 1. The highest BCUT2D eigenvalue weighted by atomic mass is 79.9. The highest BCUT2D eigenvalue weighted by Crippen LogP contribution is 2.40. The van der Waals surface area contributed by atoms with Gasteiger partial charge in [-0.3, -0.25) is 0 Å². The van der Waals surface area contributed by atoms with Crippen molar-refractivity contribution in [2.45, 2.75) is 45.4 Å². The second-order valence-electron chi connectivity index (χ2n) is 4.64. The molecule has 0 saturated carbocycles. The number of hydrogen-bond donors (Lipinski definition) is 1. The van der Waals surface area contributed by atoms with E-state index >= 15 is 0 Å². The number of aromatic hydroxyl groups is 1. The van der Waals surface area contributed by atoms with E-state index in [1.807, 2.05) is 0 Å². The van der Waals surface area contributed by atoms with Gasteiger partial charge in [0.2, 0.25) is 0 Å². The Kier molecular flexibility index (Phi) is 3.87. The number of benzene rings is 1. The largest absolute Gasteiger partial charge is 0.506 e. The third-order valence-electron chi connectivity index (χ3n) is 3.64. The number of carbonyl (C=O) groups excluding carboxylic acids is 1. The zero-order chi connectivity index (χ0) is 12.4. The van der Waals surface area contributed by atoms with Crippen LogP contribution in [0.5, 0.6) is 5.75 Å². The quantitative estimate of drug-likeness (QED) is 0.867. The van der Waals surface area contributed by atoms with Crippen LogP contribution in [0.25, 0.3) is 0 Å². The van der Waals surface area contributed by atoms with Crippen molar-refractivity contribution in [2.24, 2.45) is 0 Å². The van der Waals surface area contributed by atoms with Crippen LogP contribution in [0, 0.1) is 6.92 Å². The fourth-order valence-corrected chi connectivity index (χ4v) is 3.38. The van der Waals surface area contributed by atoms with E-state index in [0.29, 0.717) is 18.6 Å². The van der Waals surface area contributed by atoms with Gasteiger partial charge < -0.3 is 9.90 Å². The smallest absolute Gasteiger partial charge is 0.133 e. The number of halogens is 1. The molecule has 0 fully saturated rings. The van der Waals surface area contributed by atoms with Crippen LogP contribution in [0.3, 0.4) is 0 Å². The van der Waals surface area contributed by atoms with Crippen molar-refractivity contribution in [3.8, 4) is 5.75 Å². The molecule has 0 radical (unpaired) electrons. The summed E-state index contributed by atoms with van der Waals surface area (Å²) in [6, 6.07) is 0. The van der Waals surface area contributed by atoms with E-state index in [4.69, 9.17) is 0 Å². The molecule has 0 atom stereocenters. The Morgan fingerprint density at radius 1 is 1.29 bits per heavy atom. The van der Waals surface area contributed by atoms with Gasteiger partial charge in [0.1, 0.15) is 12.0 Å². The lowest BCUT2D eigenvalue weighted by molar-refractivity contribution is -0.107. The Morgan fingerprint density at radius 3 is 2.59 bits per heavy atom. The summed E-state index contributed by atoms with van der Waals surface area (Å²) in [4.78, 5) is 10.5. The molecular formula is C14H17BrO2. The van der Waals surface area contributed by atoms with Crippen LogP contribution < -0.4 is 0 Å². The van der Waals surface area contributed by atoms with E-state index in [9.17, 15) is 9.90 Å². The van der Waals surface area contributed by atoms with E-state index < -0.39 is 0 Å². The number of aldehydes is 1. The molecule has 0 bridgehead atoms. The molecule has 0 aliphatic heterocycles. The standard InChI is InChI=1S/C14H17BrO2/c1-9-10-5-2-3-6-12(10)13(15)14(17)11(9)7-4-8-16/h8,17H,2-7H2,1H3. The van der Waals surface area contributed by atoms with Crippen LogP contribution in [0.1, 0.15) is 41.5 Å². The molecular weight excluding hydrogens is 280 g/mol. The van der Waals surface area contributed by atoms with Crippen LogP contribution in [0.15, 0.2) is 4.47 Å². The normalized spacial score (nSPS) is 14.5. The minimum atomic E-state index is 0.338. The summed E-state index contributed by atoms with van der Waals surface area (Å²) >= 11 is 3.50. The number of carbonyl (C=O) groups is 1. The van der Waals surface area contributed by atoms with Crippen molar-refractivity contribution in [1.82, 2.24) is 0 Å². The number of hydrogen-bond acceptors (Lipinski definition) is 2. The molecule has 1 aliphatic rings. The van der Waals surface area contributed by atoms with Crippen molar-refractivity contribution < 1.29 is 9.90 Å². The molecule has 17 heavy (non-hydrogen) atoms. The highest BCUT2D eigenvalue weighted by molar-refractivity contribution is 9.10. The lowest BCUT2D eigenvalue weighted by atomic mass is 9.85. The van der Waals surface area contributed by atoms with E-state index in [1.54, 1.807) is 0 Å².